The van der Waals surface area contributed by atoms with Gasteiger partial charge in [-0.3, -0.25) is 4.79 Å². The predicted molar refractivity (Wildman–Crippen MR) is 83.8 cm³/mol. The highest BCUT2D eigenvalue weighted by Crippen LogP contribution is 2.37. The molecule has 0 spiro atoms. The SMILES string of the molecule is O=C1[C@@H](O)C[C@@H](c2ccc(Cl)cc2)N1c1ccc(Cl)cc1. The van der Waals surface area contributed by atoms with Crippen LogP contribution in [0.4, 0.5) is 5.69 Å². The van der Waals surface area contributed by atoms with Crippen molar-refractivity contribution >= 4 is 34.8 Å². The zero-order chi connectivity index (χ0) is 15.0. The molecule has 2 atom stereocenters. The Balaban J connectivity index is 2.00. The summed E-state index contributed by atoms with van der Waals surface area (Å²) < 4.78 is 0. The first kappa shape index (κ1) is 14.4. The standard InChI is InChI=1S/C16H13Cl2NO2/c17-11-3-1-10(2-4-11)14-9-15(20)16(21)19(14)13-7-5-12(18)6-8-13/h1-8,14-15,20H,9H2/t14-,15-/m0/s1. The molecular formula is C16H13Cl2NO2. The normalized spacial score (nSPS) is 21.9. The number of nitrogens with zero attached hydrogens (tertiary/aromatic N) is 1. The maximum atomic E-state index is 12.3. The third kappa shape index (κ3) is 2.77. The Morgan fingerprint density at radius 2 is 1.48 bits per heavy atom. The molecule has 0 unspecified atom stereocenters. The number of hydrogen-bond donors (Lipinski definition) is 1. The fourth-order valence-electron chi connectivity index (χ4n) is 2.61. The Hall–Kier alpha value is -1.55. The molecule has 108 valence electrons. The minimum Gasteiger partial charge on any atom is -0.383 e. The second-order valence-electron chi connectivity index (χ2n) is 5.00. The number of rotatable bonds is 2. The molecule has 2 aromatic rings. The third-order valence-corrected chi connectivity index (χ3v) is 4.14. The van der Waals surface area contributed by atoms with E-state index in [4.69, 9.17) is 23.2 Å². The molecule has 3 rings (SSSR count). The number of carbonyl (C=O) groups is 1. The van der Waals surface area contributed by atoms with Gasteiger partial charge in [-0.15, -0.1) is 0 Å². The molecule has 5 heteroatoms. The number of anilines is 1. The lowest BCUT2D eigenvalue weighted by molar-refractivity contribution is -0.124. The smallest absolute Gasteiger partial charge is 0.256 e. The minimum absolute atomic E-state index is 0.203. The number of halogens is 2. The molecule has 1 aliphatic rings. The predicted octanol–water partition coefficient (Wildman–Crippen LogP) is 3.83. The Morgan fingerprint density at radius 1 is 0.952 bits per heavy atom. The summed E-state index contributed by atoms with van der Waals surface area (Å²) in [5.74, 6) is -0.294. The molecule has 0 aromatic heterocycles. The van der Waals surface area contributed by atoms with E-state index in [1.807, 2.05) is 12.1 Å². The third-order valence-electron chi connectivity index (χ3n) is 3.64. The fourth-order valence-corrected chi connectivity index (χ4v) is 2.86. The number of amides is 1. The highest BCUT2D eigenvalue weighted by molar-refractivity contribution is 6.30. The van der Waals surface area contributed by atoms with Gasteiger partial charge >= 0.3 is 0 Å². The lowest BCUT2D eigenvalue weighted by atomic mass is 10.0. The molecule has 0 saturated carbocycles. The van der Waals surface area contributed by atoms with Crippen LogP contribution in [0.1, 0.15) is 18.0 Å². The zero-order valence-electron chi connectivity index (χ0n) is 11.0. The molecule has 1 N–H and O–H groups in total. The Morgan fingerprint density at radius 3 is 2.05 bits per heavy atom. The van der Waals surface area contributed by atoms with Gasteiger partial charge < -0.3 is 10.0 Å². The van der Waals surface area contributed by atoms with Gasteiger partial charge in [0.1, 0.15) is 6.10 Å². The van der Waals surface area contributed by atoms with Crippen LogP contribution in [0.5, 0.6) is 0 Å². The van der Waals surface area contributed by atoms with Crippen LogP contribution in [0, 0.1) is 0 Å². The largest absolute Gasteiger partial charge is 0.383 e. The van der Waals surface area contributed by atoms with E-state index in [0.717, 1.165) is 11.3 Å². The Bertz CT molecular complexity index is 655. The van der Waals surface area contributed by atoms with Crippen molar-refractivity contribution in [1.82, 2.24) is 0 Å². The van der Waals surface area contributed by atoms with E-state index >= 15 is 0 Å². The zero-order valence-corrected chi connectivity index (χ0v) is 12.6. The van der Waals surface area contributed by atoms with E-state index in [9.17, 15) is 9.90 Å². The van der Waals surface area contributed by atoms with E-state index in [0.29, 0.717) is 16.5 Å². The number of benzene rings is 2. The number of carbonyl (C=O) groups excluding carboxylic acids is 1. The van der Waals surface area contributed by atoms with Gasteiger partial charge in [-0.25, -0.2) is 0 Å². The topological polar surface area (TPSA) is 40.5 Å². The van der Waals surface area contributed by atoms with Gasteiger partial charge in [-0.2, -0.15) is 0 Å². The Kier molecular flexibility index (Phi) is 3.89. The summed E-state index contributed by atoms with van der Waals surface area (Å²) in [5.41, 5.74) is 1.67. The number of aliphatic hydroxyl groups excluding tert-OH is 1. The second kappa shape index (κ2) is 5.68. The first-order valence-electron chi connectivity index (χ1n) is 6.58. The Labute approximate surface area is 132 Å². The average Bonchev–Trinajstić information content (AvgIpc) is 2.77. The first-order chi connectivity index (χ1) is 10.1. The van der Waals surface area contributed by atoms with Crippen LogP contribution >= 0.6 is 23.2 Å². The highest BCUT2D eigenvalue weighted by atomic mass is 35.5. The molecule has 1 fully saturated rings. The van der Waals surface area contributed by atoms with Crippen LogP contribution in [0.25, 0.3) is 0 Å². The summed E-state index contributed by atoms with van der Waals surface area (Å²) in [4.78, 5) is 13.9. The molecule has 3 nitrogen and oxygen atoms in total. The summed E-state index contributed by atoms with van der Waals surface area (Å²) in [6, 6.07) is 14.1. The van der Waals surface area contributed by atoms with Gasteiger partial charge in [0.15, 0.2) is 0 Å². The van der Waals surface area contributed by atoms with Gasteiger partial charge in [0.2, 0.25) is 0 Å². The van der Waals surface area contributed by atoms with Gasteiger partial charge in [0.25, 0.3) is 5.91 Å². The van der Waals surface area contributed by atoms with Crippen molar-refractivity contribution in [1.29, 1.82) is 0 Å². The average molecular weight is 322 g/mol. The fraction of sp³-hybridized carbons (Fsp3) is 0.188. The second-order valence-corrected chi connectivity index (χ2v) is 5.88. The van der Waals surface area contributed by atoms with Gasteiger partial charge in [-0.05, 0) is 42.0 Å². The van der Waals surface area contributed by atoms with Crippen LogP contribution in [-0.4, -0.2) is 17.1 Å². The lowest BCUT2D eigenvalue weighted by Crippen LogP contribution is -2.30. The van der Waals surface area contributed by atoms with Gasteiger partial charge in [0, 0.05) is 22.2 Å². The van der Waals surface area contributed by atoms with Crippen molar-refractivity contribution in [3.05, 3.63) is 64.1 Å². The van der Waals surface area contributed by atoms with Crippen molar-refractivity contribution < 1.29 is 9.90 Å². The maximum absolute atomic E-state index is 12.3. The van der Waals surface area contributed by atoms with Crippen LogP contribution < -0.4 is 4.90 Å². The van der Waals surface area contributed by atoms with Crippen molar-refractivity contribution in [2.45, 2.75) is 18.6 Å². The van der Waals surface area contributed by atoms with Crippen molar-refractivity contribution in [2.75, 3.05) is 4.90 Å². The van der Waals surface area contributed by atoms with E-state index in [2.05, 4.69) is 0 Å². The molecule has 0 bridgehead atoms. The van der Waals surface area contributed by atoms with E-state index < -0.39 is 6.10 Å². The summed E-state index contributed by atoms with van der Waals surface area (Å²) in [7, 11) is 0. The van der Waals surface area contributed by atoms with Crippen LogP contribution in [0.3, 0.4) is 0 Å². The lowest BCUT2D eigenvalue weighted by Gasteiger charge is -2.25. The van der Waals surface area contributed by atoms with Crippen LogP contribution in [0.15, 0.2) is 48.5 Å². The highest BCUT2D eigenvalue weighted by Gasteiger charge is 2.40. The molecular weight excluding hydrogens is 309 g/mol. The van der Waals surface area contributed by atoms with Crippen molar-refractivity contribution in [2.24, 2.45) is 0 Å². The summed E-state index contributed by atoms with van der Waals surface area (Å²) in [5, 5.41) is 11.2. The first-order valence-corrected chi connectivity index (χ1v) is 7.34. The van der Waals surface area contributed by atoms with Gasteiger partial charge in [-0.1, -0.05) is 35.3 Å². The van der Waals surface area contributed by atoms with E-state index in [1.165, 1.54) is 0 Å². The summed E-state index contributed by atoms with van der Waals surface area (Å²) in [6.45, 7) is 0. The van der Waals surface area contributed by atoms with Gasteiger partial charge in [0.05, 0.1) is 6.04 Å². The van der Waals surface area contributed by atoms with Crippen molar-refractivity contribution in [3.8, 4) is 0 Å². The number of hydrogen-bond acceptors (Lipinski definition) is 2. The molecule has 2 aromatic carbocycles. The molecule has 1 aliphatic heterocycles. The van der Waals surface area contributed by atoms with Crippen LogP contribution in [0.2, 0.25) is 10.0 Å². The molecule has 1 amide bonds. The monoisotopic (exact) mass is 321 g/mol. The van der Waals surface area contributed by atoms with E-state index in [1.54, 1.807) is 41.3 Å². The molecule has 0 radical (unpaired) electrons. The molecule has 1 heterocycles. The summed E-state index contributed by atoms with van der Waals surface area (Å²) in [6.07, 6.45) is -0.621. The van der Waals surface area contributed by atoms with Crippen molar-refractivity contribution in [3.63, 3.8) is 0 Å². The van der Waals surface area contributed by atoms with Crippen LogP contribution in [-0.2, 0) is 4.79 Å². The molecule has 0 aliphatic carbocycles. The summed E-state index contributed by atoms with van der Waals surface area (Å²) >= 11 is 11.8. The molecule has 1 saturated heterocycles. The molecule has 21 heavy (non-hydrogen) atoms. The maximum Gasteiger partial charge on any atom is 0.256 e. The quantitative estimate of drug-likeness (QED) is 0.913. The number of aliphatic hydroxyl groups is 1. The minimum atomic E-state index is -0.985. The van der Waals surface area contributed by atoms with E-state index in [-0.39, 0.29) is 11.9 Å².